The van der Waals surface area contributed by atoms with Crippen LogP contribution in [0.5, 0.6) is 0 Å². The topological polar surface area (TPSA) is 74.5 Å². The number of carbonyl (C=O) groups is 1. The molecule has 5 nitrogen and oxygen atoms in total. The number of aliphatic hydroxyl groups excluding tert-OH is 1. The van der Waals surface area contributed by atoms with Crippen LogP contribution in [0.25, 0.3) is 11.3 Å². The maximum atomic E-state index is 10.9. The van der Waals surface area contributed by atoms with Gasteiger partial charge in [-0.1, -0.05) is 11.6 Å². The van der Waals surface area contributed by atoms with Crippen molar-refractivity contribution in [2.24, 2.45) is 0 Å². The van der Waals surface area contributed by atoms with Gasteiger partial charge >= 0.3 is 0 Å². The maximum Gasteiger partial charge on any atom is 0.222 e. The Balaban J connectivity index is 2.17. The molecule has 2 rings (SSSR count). The van der Waals surface area contributed by atoms with E-state index in [0.717, 1.165) is 0 Å². The molecule has 1 aromatic heterocycles. The van der Waals surface area contributed by atoms with Crippen LogP contribution in [0.3, 0.4) is 0 Å². The van der Waals surface area contributed by atoms with E-state index in [4.69, 9.17) is 33.3 Å². The third-order valence-electron chi connectivity index (χ3n) is 2.60. The number of benzene rings is 1. The second-order valence-corrected chi connectivity index (χ2v) is 5.07. The molecule has 1 aromatic carbocycles. The number of rotatable bonds is 3. The molecule has 0 bridgehead atoms. The van der Waals surface area contributed by atoms with E-state index >= 15 is 0 Å². The number of carbonyl (C=O) groups excluding carboxylic acids is 1. The van der Waals surface area contributed by atoms with Crippen molar-refractivity contribution >= 4 is 40.5 Å². The van der Waals surface area contributed by atoms with E-state index in [-0.39, 0.29) is 17.6 Å². The molecule has 1 amide bonds. The van der Waals surface area contributed by atoms with E-state index in [0.29, 0.717) is 27.8 Å². The van der Waals surface area contributed by atoms with Gasteiger partial charge in [0.2, 0.25) is 5.91 Å². The Hall–Kier alpha value is -1.89. The summed E-state index contributed by atoms with van der Waals surface area (Å²) in [6.45, 7) is 1.21. The van der Waals surface area contributed by atoms with Gasteiger partial charge in [0.05, 0.1) is 5.02 Å². The molecule has 0 saturated heterocycles. The predicted octanol–water partition coefficient (Wildman–Crippen LogP) is 2.93. The number of halogens is 1. The number of hydrogen-bond donors (Lipinski definition) is 3. The summed E-state index contributed by atoms with van der Waals surface area (Å²) in [5.74, 6) is 0.789. The molecule has 110 valence electrons. The zero-order chi connectivity index (χ0) is 15.4. The minimum Gasteiger partial charge on any atom is -0.459 e. The third-order valence-corrected chi connectivity index (χ3v) is 3.12. The molecule has 0 aliphatic carbocycles. The monoisotopic (exact) mass is 324 g/mol. The van der Waals surface area contributed by atoms with Gasteiger partial charge in [0, 0.05) is 18.2 Å². The van der Waals surface area contributed by atoms with Crippen LogP contribution in [0, 0.1) is 0 Å². The van der Waals surface area contributed by atoms with Crippen molar-refractivity contribution in [3.05, 3.63) is 41.1 Å². The Morgan fingerprint density at radius 1 is 1.38 bits per heavy atom. The summed E-state index contributed by atoms with van der Waals surface area (Å²) in [5, 5.41) is 15.0. The zero-order valence-corrected chi connectivity index (χ0v) is 12.7. The molecule has 0 aliphatic rings. The lowest BCUT2D eigenvalue weighted by atomic mass is 10.1. The molecule has 0 radical (unpaired) electrons. The molecular formula is C14H13ClN2O3S. The summed E-state index contributed by atoms with van der Waals surface area (Å²) in [7, 11) is 0. The first-order valence-electron chi connectivity index (χ1n) is 6.07. The number of thiocarbonyl (C=S) groups is 1. The van der Waals surface area contributed by atoms with E-state index in [9.17, 15) is 4.79 Å². The molecular weight excluding hydrogens is 312 g/mol. The van der Waals surface area contributed by atoms with E-state index in [1.807, 2.05) is 0 Å². The highest BCUT2D eigenvalue weighted by molar-refractivity contribution is 7.80. The van der Waals surface area contributed by atoms with Crippen molar-refractivity contribution in [2.45, 2.75) is 13.5 Å². The van der Waals surface area contributed by atoms with Crippen molar-refractivity contribution < 1.29 is 14.3 Å². The minimum absolute atomic E-state index is 0.164. The van der Waals surface area contributed by atoms with Crippen LogP contribution in [0.4, 0.5) is 5.69 Å². The number of nitrogens with one attached hydrogen (secondary N) is 2. The lowest BCUT2D eigenvalue weighted by molar-refractivity contribution is -0.117. The second-order valence-electron chi connectivity index (χ2n) is 4.25. The molecule has 0 unspecified atom stereocenters. The number of anilines is 1. The normalized spacial score (nSPS) is 10.2. The maximum absolute atomic E-state index is 10.9. The first-order valence-corrected chi connectivity index (χ1v) is 6.86. The average molecular weight is 325 g/mol. The van der Waals surface area contributed by atoms with E-state index < -0.39 is 0 Å². The highest BCUT2D eigenvalue weighted by Gasteiger charge is 2.10. The summed E-state index contributed by atoms with van der Waals surface area (Å²) in [6, 6.07) is 8.62. The molecule has 3 N–H and O–H groups in total. The fraction of sp³-hybridized carbons (Fsp3) is 0.143. The van der Waals surface area contributed by atoms with Gasteiger partial charge in [-0.15, -0.1) is 0 Å². The molecule has 7 heteroatoms. The summed E-state index contributed by atoms with van der Waals surface area (Å²) in [6.07, 6.45) is 0. The van der Waals surface area contributed by atoms with Gasteiger partial charge in [-0.2, -0.15) is 0 Å². The van der Waals surface area contributed by atoms with Crippen LogP contribution in [0.15, 0.2) is 34.7 Å². The first-order chi connectivity index (χ1) is 9.99. The fourth-order valence-corrected chi connectivity index (χ4v) is 2.26. The van der Waals surface area contributed by atoms with Gasteiger partial charge in [-0.3, -0.25) is 4.79 Å². The summed E-state index contributed by atoms with van der Waals surface area (Å²) in [5.41, 5.74) is 1.35. The van der Waals surface area contributed by atoms with Crippen molar-refractivity contribution in [1.29, 1.82) is 0 Å². The van der Waals surface area contributed by atoms with Crippen LogP contribution in [0.2, 0.25) is 5.02 Å². The van der Waals surface area contributed by atoms with Crippen LogP contribution in [-0.4, -0.2) is 16.1 Å². The molecule has 1 heterocycles. The van der Waals surface area contributed by atoms with E-state index in [1.165, 1.54) is 6.92 Å². The largest absolute Gasteiger partial charge is 0.459 e. The molecule has 21 heavy (non-hydrogen) atoms. The molecule has 0 saturated carbocycles. The molecule has 0 atom stereocenters. The van der Waals surface area contributed by atoms with Gasteiger partial charge in [0.25, 0.3) is 0 Å². The Morgan fingerprint density at radius 2 is 2.14 bits per heavy atom. The van der Waals surface area contributed by atoms with E-state index in [1.54, 1.807) is 30.3 Å². The van der Waals surface area contributed by atoms with Crippen molar-refractivity contribution in [3.63, 3.8) is 0 Å². The summed E-state index contributed by atoms with van der Waals surface area (Å²) >= 11 is 11.2. The predicted molar refractivity (Wildman–Crippen MR) is 85.1 cm³/mol. The van der Waals surface area contributed by atoms with Crippen molar-refractivity contribution in [3.8, 4) is 11.3 Å². The first kappa shape index (κ1) is 15.5. The van der Waals surface area contributed by atoms with Gasteiger partial charge in [-0.25, -0.2) is 0 Å². The van der Waals surface area contributed by atoms with Crippen LogP contribution >= 0.6 is 23.8 Å². The molecule has 0 spiro atoms. The SMILES string of the molecule is CC(=O)NC(=S)Nc1ccc(-c2ccc(CO)o2)c(Cl)c1. The van der Waals surface area contributed by atoms with Gasteiger partial charge in [0.15, 0.2) is 5.11 Å². The Morgan fingerprint density at radius 3 is 2.71 bits per heavy atom. The quantitative estimate of drug-likeness (QED) is 0.757. The van der Waals surface area contributed by atoms with Gasteiger partial charge < -0.3 is 20.2 Å². The van der Waals surface area contributed by atoms with Crippen LogP contribution < -0.4 is 10.6 Å². The smallest absolute Gasteiger partial charge is 0.222 e. The second kappa shape index (κ2) is 6.71. The number of aliphatic hydroxyl groups is 1. The Bertz CT molecular complexity index is 685. The fourth-order valence-electron chi connectivity index (χ4n) is 1.72. The highest BCUT2D eigenvalue weighted by atomic mass is 35.5. The van der Waals surface area contributed by atoms with Gasteiger partial charge in [-0.05, 0) is 42.5 Å². The number of amides is 1. The van der Waals surface area contributed by atoms with Crippen LogP contribution in [0.1, 0.15) is 12.7 Å². The molecule has 0 fully saturated rings. The standard InChI is InChI=1S/C14H13ClN2O3S/c1-8(19)16-14(21)17-9-2-4-11(12(15)6-9)13-5-3-10(7-18)20-13/h2-6,18H,7H2,1H3,(H2,16,17,19,21). The zero-order valence-electron chi connectivity index (χ0n) is 11.1. The lowest BCUT2D eigenvalue weighted by Gasteiger charge is -2.09. The van der Waals surface area contributed by atoms with Crippen molar-refractivity contribution in [2.75, 3.05) is 5.32 Å². The minimum atomic E-state index is -0.248. The third kappa shape index (κ3) is 4.04. The van der Waals surface area contributed by atoms with Crippen LogP contribution in [-0.2, 0) is 11.4 Å². The Labute approximate surface area is 131 Å². The Kier molecular flexibility index (Phi) is 4.95. The molecule has 2 aromatic rings. The summed E-state index contributed by atoms with van der Waals surface area (Å²) in [4.78, 5) is 10.9. The molecule has 0 aliphatic heterocycles. The number of hydrogen-bond acceptors (Lipinski definition) is 4. The van der Waals surface area contributed by atoms with Gasteiger partial charge in [0.1, 0.15) is 18.1 Å². The van der Waals surface area contributed by atoms with E-state index in [2.05, 4.69) is 10.6 Å². The number of furan rings is 1. The highest BCUT2D eigenvalue weighted by Crippen LogP contribution is 2.31. The van der Waals surface area contributed by atoms with Crippen molar-refractivity contribution in [1.82, 2.24) is 5.32 Å². The lowest BCUT2D eigenvalue weighted by Crippen LogP contribution is -2.32. The summed E-state index contributed by atoms with van der Waals surface area (Å²) < 4.78 is 5.44. The average Bonchev–Trinajstić information content (AvgIpc) is 2.86.